The number of ether oxygens (including phenoxy) is 1. The van der Waals surface area contributed by atoms with E-state index in [1.807, 2.05) is 0 Å². The number of hydrogen-bond acceptors (Lipinski definition) is 5. The lowest BCUT2D eigenvalue weighted by Gasteiger charge is -2.23. The predicted octanol–water partition coefficient (Wildman–Crippen LogP) is 0.874. The summed E-state index contributed by atoms with van der Waals surface area (Å²) in [6.07, 6.45) is 1.48. The molecule has 1 rings (SSSR count). The van der Waals surface area contributed by atoms with Gasteiger partial charge in [-0.15, -0.1) is 0 Å². The summed E-state index contributed by atoms with van der Waals surface area (Å²) in [6, 6.07) is 6.98. The zero-order valence-corrected chi connectivity index (χ0v) is 15.4. The lowest BCUT2D eigenvalue weighted by Crippen LogP contribution is -2.54. The average molecular weight is 372 g/mol. The zero-order chi connectivity index (χ0) is 19.1. The second-order valence-electron chi connectivity index (χ2n) is 6.17. The van der Waals surface area contributed by atoms with Crippen LogP contribution in [-0.4, -0.2) is 43.8 Å². The number of carbonyl (C=O) groups is 2. The van der Waals surface area contributed by atoms with Crippen molar-refractivity contribution in [1.82, 2.24) is 10.0 Å². The molecule has 0 aliphatic carbocycles. The first kappa shape index (κ1) is 20.9. The Labute approximate surface area is 147 Å². The molecule has 0 radical (unpaired) electrons. The van der Waals surface area contributed by atoms with Crippen LogP contribution in [0.5, 0.6) is 5.75 Å². The Kier molecular flexibility index (Phi) is 7.38. The van der Waals surface area contributed by atoms with Gasteiger partial charge in [0.2, 0.25) is 15.9 Å². The van der Waals surface area contributed by atoms with Crippen LogP contribution in [0.2, 0.25) is 0 Å². The minimum absolute atomic E-state index is 0.0570. The van der Waals surface area contributed by atoms with Gasteiger partial charge in [-0.05, 0) is 38.0 Å². The second kappa shape index (κ2) is 8.82. The molecule has 0 saturated carbocycles. The first-order valence-electron chi connectivity index (χ1n) is 7.70. The van der Waals surface area contributed by atoms with Crippen molar-refractivity contribution in [2.45, 2.75) is 38.8 Å². The monoisotopic (exact) mass is 372 g/mol. The maximum absolute atomic E-state index is 12.1. The van der Waals surface area contributed by atoms with Gasteiger partial charge in [0.05, 0.1) is 12.9 Å². The lowest BCUT2D eigenvalue weighted by molar-refractivity contribution is -0.137. The van der Waals surface area contributed by atoms with Gasteiger partial charge in [0.15, 0.2) is 0 Å². The van der Waals surface area contributed by atoms with E-state index in [4.69, 9.17) is 9.84 Å². The maximum Gasteiger partial charge on any atom is 0.303 e. The summed E-state index contributed by atoms with van der Waals surface area (Å²) < 4.78 is 30.2. The Hall–Kier alpha value is -2.13. The molecule has 0 atom stereocenters. The number of amides is 1. The summed E-state index contributed by atoms with van der Waals surface area (Å²) >= 11 is 0. The van der Waals surface area contributed by atoms with Gasteiger partial charge in [-0.1, -0.05) is 12.1 Å². The van der Waals surface area contributed by atoms with Gasteiger partial charge in [-0.25, -0.2) is 13.1 Å². The third-order valence-corrected chi connectivity index (χ3v) is 4.07. The molecular weight excluding hydrogens is 348 g/mol. The number of hydrogen-bond donors (Lipinski definition) is 3. The molecule has 0 fully saturated rings. The fourth-order valence-electron chi connectivity index (χ4n) is 2.03. The average Bonchev–Trinajstić information content (AvgIpc) is 2.47. The molecule has 0 unspecified atom stereocenters. The fraction of sp³-hybridized carbons (Fsp3) is 0.500. The van der Waals surface area contributed by atoms with Crippen LogP contribution in [0.15, 0.2) is 24.3 Å². The minimum Gasteiger partial charge on any atom is -0.494 e. The molecular formula is C16H24N2O6S. The summed E-state index contributed by atoms with van der Waals surface area (Å²) in [7, 11) is -3.50. The zero-order valence-electron chi connectivity index (χ0n) is 14.5. The molecule has 0 saturated heterocycles. The molecule has 1 aromatic rings. The van der Waals surface area contributed by atoms with E-state index in [0.29, 0.717) is 18.8 Å². The Morgan fingerprint density at radius 3 is 2.32 bits per heavy atom. The number of carboxylic acids is 1. The Bertz CT molecular complexity index is 698. The lowest BCUT2D eigenvalue weighted by atomic mass is 10.1. The van der Waals surface area contributed by atoms with Crippen molar-refractivity contribution in [2.75, 3.05) is 12.9 Å². The molecule has 140 valence electrons. The molecule has 0 aliphatic rings. The first-order chi connectivity index (χ1) is 11.5. The van der Waals surface area contributed by atoms with Crippen LogP contribution >= 0.6 is 0 Å². The van der Waals surface area contributed by atoms with Crippen molar-refractivity contribution in [2.24, 2.45) is 0 Å². The van der Waals surface area contributed by atoms with Crippen LogP contribution in [0.4, 0.5) is 0 Å². The normalized spacial score (nSPS) is 11.8. The molecule has 25 heavy (non-hydrogen) atoms. The first-order valence-corrected chi connectivity index (χ1v) is 9.59. The number of rotatable bonds is 10. The van der Waals surface area contributed by atoms with Crippen LogP contribution in [0.25, 0.3) is 0 Å². The summed E-state index contributed by atoms with van der Waals surface area (Å²) in [4.78, 5) is 22.5. The Morgan fingerprint density at radius 2 is 1.80 bits per heavy atom. The van der Waals surface area contributed by atoms with E-state index in [1.165, 1.54) is 13.8 Å². The van der Waals surface area contributed by atoms with E-state index >= 15 is 0 Å². The molecule has 9 heteroatoms. The highest BCUT2D eigenvalue weighted by atomic mass is 32.2. The van der Waals surface area contributed by atoms with Crippen molar-refractivity contribution in [3.8, 4) is 5.75 Å². The third-order valence-electron chi connectivity index (χ3n) is 3.19. The number of carboxylic acid groups (broad SMARTS) is 1. The largest absolute Gasteiger partial charge is 0.494 e. The Balaban J connectivity index is 2.47. The number of nitrogens with one attached hydrogen (secondary N) is 2. The van der Waals surface area contributed by atoms with Crippen molar-refractivity contribution in [3.05, 3.63) is 29.8 Å². The second-order valence-corrected chi connectivity index (χ2v) is 7.92. The molecule has 8 nitrogen and oxygen atoms in total. The van der Waals surface area contributed by atoms with E-state index in [1.54, 1.807) is 24.3 Å². The SMILES string of the molecule is CC(C)(NS(C)(=O)=O)C(=O)NCc1ccc(OCCCC(=O)O)cc1. The summed E-state index contributed by atoms with van der Waals surface area (Å²) in [6.45, 7) is 3.52. The van der Waals surface area contributed by atoms with Crippen LogP contribution in [0.1, 0.15) is 32.3 Å². The maximum atomic E-state index is 12.1. The van der Waals surface area contributed by atoms with Gasteiger partial charge >= 0.3 is 5.97 Å². The van der Waals surface area contributed by atoms with E-state index in [9.17, 15) is 18.0 Å². The number of aliphatic carboxylic acids is 1. The van der Waals surface area contributed by atoms with Gasteiger partial charge in [0.25, 0.3) is 0 Å². The highest BCUT2D eigenvalue weighted by Gasteiger charge is 2.30. The van der Waals surface area contributed by atoms with Crippen molar-refractivity contribution in [3.63, 3.8) is 0 Å². The summed E-state index contributed by atoms with van der Waals surface area (Å²) in [5, 5.41) is 11.2. The smallest absolute Gasteiger partial charge is 0.303 e. The summed E-state index contributed by atoms with van der Waals surface area (Å²) in [5.74, 6) is -0.686. The minimum atomic E-state index is -3.50. The van der Waals surface area contributed by atoms with E-state index in [2.05, 4.69) is 10.0 Å². The quantitative estimate of drug-likeness (QED) is 0.524. The van der Waals surface area contributed by atoms with Crippen molar-refractivity contribution >= 4 is 21.9 Å². The number of benzene rings is 1. The standard InChI is InChI=1S/C16H24N2O6S/c1-16(2,18-25(3,22)23)15(21)17-11-12-6-8-13(9-7-12)24-10-4-5-14(19)20/h6-9,18H,4-5,10-11H2,1-3H3,(H,17,21)(H,19,20). The Morgan fingerprint density at radius 1 is 1.20 bits per heavy atom. The van der Waals surface area contributed by atoms with E-state index in [-0.39, 0.29) is 13.0 Å². The van der Waals surface area contributed by atoms with Crippen LogP contribution < -0.4 is 14.8 Å². The number of carbonyl (C=O) groups excluding carboxylic acids is 1. The van der Waals surface area contributed by atoms with E-state index < -0.39 is 27.4 Å². The molecule has 1 aromatic carbocycles. The van der Waals surface area contributed by atoms with E-state index in [0.717, 1.165) is 11.8 Å². The molecule has 0 aliphatic heterocycles. The topological polar surface area (TPSA) is 122 Å². The van der Waals surface area contributed by atoms with Crippen LogP contribution in [-0.2, 0) is 26.2 Å². The number of sulfonamides is 1. The molecule has 1 amide bonds. The molecule has 0 spiro atoms. The molecule has 0 bridgehead atoms. The predicted molar refractivity (Wildman–Crippen MR) is 92.7 cm³/mol. The molecule has 0 heterocycles. The van der Waals surface area contributed by atoms with Gasteiger partial charge < -0.3 is 15.2 Å². The fourth-order valence-corrected chi connectivity index (χ4v) is 3.05. The van der Waals surface area contributed by atoms with Crippen LogP contribution in [0, 0.1) is 0 Å². The summed E-state index contributed by atoms with van der Waals surface area (Å²) in [5.41, 5.74) is -0.428. The highest BCUT2D eigenvalue weighted by Crippen LogP contribution is 2.13. The van der Waals surface area contributed by atoms with Crippen molar-refractivity contribution < 1.29 is 27.9 Å². The molecule has 3 N–H and O–H groups in total. The molecule has 0 aromatic heterocycles. The highest BCUT2D eigenvalue weighted by molar-refractivity contribution is 7.88. The van der Waals surface area contributed by atoms with Gasteiger partial charge in [0.1, 0.15) is 11.3 Å². The van der Waals surface area contributed by atoms with Gasteiger partial charge in [0, 0.05) is 13.0 Å². The van der Waals surface area contributed by atoms with Gasteiger partial charge in [-0.3, -0.25) is 9.59 Å². The van der Waals surface area contributed by atoms with Crippen LogP contribution in [0.3, 0.4) is 0 Å². The van der Waals surface area contributed by atoms with Gasteiger partial charge in [-0.2, -0.15) is 0 Å². The van der Waals surface area contributed by atoms with Crippen molar-refractivity contribution in [1.29, 1.82) is 0 Å². The third kappa shape index (κ3) is 8.50.